The van der Waals surface area contributed by atoms with Crippen LogP contribution in [0.2, 0.25) is 0 Å². The lowest BCUT2D eigenvalue weighted by Crippen LogP contribution is -2.30. The Morgan fingerprint density at radius 1 is 1.33 bits per heavy atom. The molecule has 3 heteroatoms. The lowest BCUT2D eigenvalue weighted by Gasteiger charge is -2.11. The quantitative estimate of drug-likeness (QED) is 0.618. The zero-order chi connectivity index (χ0) is 9.61. The van der Waals surface area contributed by atoms with Crippen molar-refractivity contribution in [1.82, 2.24) is 5.32 Å². The van der Waals surface area contributed by atoms with Crippen molar-refractivity contribution in [2.45, 2.75) is 39.5 Å². The number of nitrogens with one attached hydrogen (secondary N) is 1. The summed E-state index contributed by atoms with van der Waals surface area (Å²) in [5, 5.41) is 2.73. The van der Waals surface area contributed by atoms with Crippen molar-refractivity contribution in [3.05, 3.63) is 0 Å². The highest BCUT2D eigenvalue weighted by Crippen LogP contribution is 2.09. The Morgan fingerprint density at radius 2 is 1.92 bits per heavy atom. The smallest absolute Gasteiger partial charge is 0.257 e. The molecule has 0 unspecified atom stereocenters. The molecule has 0 rings (SSSR count). The van der Waals surface area contributed by atoms with E-state index in [0.717, 1.165) is 19.8 Å². The van der Waals surface area contributed by atoms with E-state index < -0.39 is 5.92 Å². The molecule has 0 radical (unpaired) electrons. The lowest BCUT2D eigenvalue weighted by molar-refractivity contribution is 0.0228. The van der Waals surface area contributed by atoms with Crippen LogP contribution in [0, 0.1) is 5.92 Å². The van der Waals surface area contributed by atoms with E-state index in [1.165, 1.54) is 0 Å². The fourth-order valence-corrected chi connectivity index (χ4v) is 0.943. The van der Waals surface area contributed by atoms with E-state index in [4.69, 9.17) is 0 Å². The van der Waals surface area contributed by atoms with Crippen LogP contribution in [0.3, 0.4) is 0 Å². The van der Waals surface area contributed by atoms with Crippen molar-refractivity contribution < 1.29 is 8.78 Å². The molecule has 12 heavy (non-hydrogen) atoms. The summed E-state index contributed by atoms with van der Waals surface area (Å²) in [6.45, 7) is 5.69. The lowest BCUT2D eigenvalue weighted by atomic mass is 10.1. The third-order valence-corrected chi connectivity index (χ3v) is 1.57. The van der Waals surface area contributed by atoms with E-state index in [0.29, 0.717) is 12.5 Å². The summed E-state index contributed by atoms with van der Waals surface area (Å²) in [6, 6.07) is 0. The van der Waals surface area contributed by atoms with Gasteiger partial charge >= 0.3 is 0 Å². The molecule has 0 bridgehead atoms. The fourth-order valence-electron chi connectivity index (χ4n) is 0.943. The Balaban J connectivity index is 3.12. The topological polar surface area (TPSA) is 12.0 Å². The molecule has 0 aliphatic heterocycles. The average molecular weight is 179 g/mol. The zero-order valence-corrected chi connectivity index (χ0v) is 8.16. The number of hydrogen-bond acceptors (Lipinski definition) is 1. The van der Waals surface area contributed by atoms with E-state index in [1.807, 2.05) is 0 Å². The maximum atomic E-state index is 12.2. The normalized spacial score (nSPS) is 12.5. The first-order valence-electron chi connectivity index (χ1n) is 4.50. The van der Waals surface area contributed by atoms with Crippen molar-refractivity contribution in [3.8, 4) is 0 Å². The van der Waals surface area contributed by atoms with Crippen molar-refractivity contribution in [1.29, 1.82) is 0 Å². The molecule has 0 aliphatic carbocycles. The first kappa shape index (κ1) is 11.8. The van der Waals surface area contributed by atoms with Gasteiger partial charge in [0.05, 0.1) is 6.54 Å². The Labute approximate surface area is 73.5 Å². The van der Waals surface area contributed by atoms with Gasteiger partial charge in [0.15, 0.2) is 0 Å². The summed E-state index contributed by atoms with van der Waals surface area (Å²) < 4.78 is 24.5. The maximum Gasteiger partial charge on any atom is 0.257 e. The van der Waals surface area contributed by atoms with Crippen LogP contribution in [0.25, 0.3) is 0 Å². The van der Waals surface area contributed by atoms with E-state index >= 15 is 0 Å². The molecule has 74 valence electrons. The number of halogens is 2. The second-order valence-electron chi connectivity index (χ2n) is 3.78. The summed E-state index contributed by atoms with van der Waals surface area (Å²) in [4.78, 5) is 0. The molecule has 0 aliphatic rings. The summed E-state index contributed by atoms with van der Waals surface area (Å²) in [7, 11) is 0. The minimum absolute atomic E-state index is 0.203. The van der Waals surface area contributed by atoms with Gasteiger partial charge in [-0.3, -0.25) is 0 Å². The molecule has 0 heterocycles. The Kier molecular flexibility index (Phi) is 5.38. The van der Waals surface area contributed by atoms with Crippen LogP contribution in [0.15, 0.2) is 0 Å². The molecular weight excluding hydrogens is 160 g/mol. The number of rotatable bonds is 6. The van der Waals surface area contributed by atoms with Crippen molar-refractivity contribution in [2.75, 3.05) is 13.1 Å². The van der Waals surface area contributed by atoms with E-state index in [9.17, 15) is 8.78 Å². The van der Waals surface area contributed by atoms with Crippen LogP contribution < -0.4 is 5.32 Å². The van der Waals surface area contributed by atoms with Crippen LogP contribution in [-0.2, 0) is 0 Å². The van der Waals surface area contributed by atoms with E-state index in [1.54, 1.807) is 0 Å². The second-order valence-corrected chi connectivity index (χ2v) is 3.78. The molecule has 0 fully saturated rings. The van der Waals surface area contributed by atoms with Crippen molar-refractivity contribution >= 4 is 0 Å². The van der Waals surface area contributed by atoms with Gasteiger partial charge in [-0.2, -0.15) is 0 Å². The summed E-state index contributed by atoms with van der Waals surface area (Å²) in [5.74, 6) is -1.91. The monoisotopic (exact) mass is 179 g/mol. The largest absolute Gasteiger partial charge is 0.311 e. The highest BCUT2D eigenvalue weighted by atomic mass is 19.3. The van der Waals surface area contributed by atoms with Crippen molar-refractivity contribution in [3.63, 3.8) is 0 Å². The minimum atomic E-state index is -2.57. The summed E-state index contributed by atoms with van der Waals surface area (Å²) >= 11 is 0. The summed E-state index contributed by atoms with van der Waals surface area (Å²) in [6.07, 6.45) is 2.08. The molecule has 1 nitrogen and oxygen atoms in total. The third-order valence-electron chi connectivity index (χ3n) is 1.57. The SMILES string of the molecule is CC(C)CCCNCC(C)(F)F. The van der Waals surface area contributed by atoms with Gasteiger partial charge in [-0.1, -0.05) is 13.8 Å². The molecular formula is C9H19F2N. The molecule has 0 spiro atoms. The molecule has 0 amide bonds. The van der Waals surface area contributed by atoms with Gasteiger partial charge < -0.3 is 5.32 Å². The standard InChI is InChI=1S/C9H19F2N/c1-8(2)5-4-6-12-7-9(3,10)11/h8,12H,4-7H2,1-3H3. The Hall–Kier alpha value is -0.180. The second kappa shape index (κ2) is 5.46. The molecule has 0 atom stereocenters. The summed E-state index contributed by atoms with van der Waals surface area (Å²) in [5.41, 5.74) is 0. The predicted molar refractivity (Wildman–Crippen MR) is 47.6 cm³/mol. The molecule has 0 saturated carbocycles. The van der Waals surface area contributed by atoms with E-state index in [2.05, 4.69) is 19.2 Å². The minimum Gasteiger partial charge on any atom is -0.311 e. The van der Waals surface area contributed by atoms with Crippen LogP contribution in [-0.4, -0.2) is 19.0 Å². The van der Waals surface area contributed by atoms with Gasteiger partial charge in [-0.25, -0.2) is 8.78 Å². The van der Waals surface area contributed by atoms with Gasteiger partial charge in [0.1, 0.15) is 0 Å². The molecule has 0 saturated heterocycles. The van der Waals surface area contributed by atoms with Crippen LogP contribution in [0.4, 0.5) is 8.78 Å². The third kappa shape index (κ3) is 9.82. The fraction of sp³-hybridized carbons (Fsp3) is 1.00. The average Bonchev–Trinajstić information content (AvgIpc) is 1.83. The predicted octanol–water partition coefficient (Wildman–Crippen LogP) is 2.67. The molecule has 0 aromatic heterocycles. The van der Waals surface area contributed by atoms with Gasteiger partial charge in [-0.15, -0.1) is 0 Å². The number of hydrogen-bond donors (Lipinski definition) is 1. The van der Waals surface area contributed by atoms with Gasteiger partial charge in [0.2, 0.25) is 0 Å². The van der Waals surface area contributed by atoms with Crippen LogP contribution in [0.5, 0.6) is 0 Å². The van der Waals surface area contributed by atoms with Crippen LogP contribution in [0.1, 0.15) is 33.6 Å². The Bertz CT molecular complexity index is 108. The van der Waals surface area contributed by atoms with E-state index in [-0.39, 0.29) is 6.54 Å². The van der Waals surface area contributed by atoms with Gasteiger partial charge in [-0.05, 0) is 25.3 Å². The molecule has 1 N–H and O–H groups in total. The van der Waals surface area contributed by atoms with Gasteiger partial charge in [0.25, 0.3) is 5.92 Å². The highest BCUT2D eigenvalue weighted by molar-refractivity contribution is 4.61. The van der Waals surface area contributed by atoms with Crippen molar-refractivity contribution in [2.24, 2.45) is 5.92 Å². The first-order valence-corrected chi connectivity index (χ1v) is 4.50. The first-order chi connectivity index (χ1) is 5.42. The Morgan fingerprint density at radius 3 is 2.33 bits per heavy atom. The molecule has 0 aromatic carbocycles. The number of alkyl halides is 2. The molecule has 0 aromatic rings. The maximum absolute atomic E-state index is 12.2. The zero-order valence-electron chi connectivity index (χ0n) is 8.16. The highest BCUT2D eigenvalue weighted by Gasteiger charge is 2.19. The van der Waals surface area contributed by atoms with Crippen LogP contribution >= 0.6 is 0 Å². The van der Waals surface area contributed by atoms with Gasteiger partial charge in [0, 0.05) is 6.92 Å².